The van der Waals surface area contributed by atoms with Gasteiger partial charge in [-0.2, -0.15) is 0 Å². The Morgan fingerprint density at radius 3 is 2.29 bits per heavy atom. The lowest BCUT2D eigenvalue weighted by Crippen LogP contribution is -2.30. The van der Waals surface area contributed by atoms with Gasteiger partial charge in [0.1, 0.15) is 26.2 Å². The first-order chi connectivity index (χ1) is 9.76. The summed E-state index contributed by atoms with van der Waals surface area (Å²) in [6.07, 6.45) is 6.34. The Hall–Kier alpha value is -1.79. The second kappa shape index (κ2) is 5.91. The zero-order valence-electron chi connectivity index (χ0n) is 14.0. The first-order valence-corrected chi connectivity index (χ1v) is 10.9. The lowest BCUT2D eigenvalue weighted by molar-refractivity contribution is -0.684. The van der Waals surface area contributed by atoms with Crippen molar-refractivity contribution >= 4 is 8.07 Å². The number of imidazole rings is 1. The van der Waals surface area contributed by atoms with Crippen LogP contribution in [0.15, 0.2) is 30.9 Å². The number of rotatable bonds is 2. The fourth-order valence-electron chi connectivity index (χ4n) is 2.60. The first-order valence-electron chi connectivity index (χ1n) is 7.41. The summed E-state index contributed by atoms with van der Waals surface area (Å²) < 4.78 is 4.34. The molecule has 2 aromatic rings. The number of hydrogen-bond acceptors (Lipinski definition) is 0. The maximum atomic E-state index is 3.41. The SMILES string of the molecule is Cc1cc(C)c(-n2cc[n+](CC#C[Si](C)(C)C)c2)c(C)c1. The summed E-state index contributed by atoms with van der Waals surface area (Å²) in [4.78, 5) is 0. The summed E-state index contributed by atoms with van der Waals surface area (Å²) in [5, 5.41) is 0. The second-order valence-electron chi connectivity index (χ2n) is 6.79. The van der Waals surface area contributed by atoms with Crippen molar-refractivity contribution in [2.24, 2.45) is 0 Å². The van der Waals surface area contributed by atoms with E-state index in [0.29, 0.717) is 0 Å². The summed E-state index contributed by atoms with van der Waals surface area (Å²) in [5.74, 6) is 3.31. The van der Waals surface area contributed by atoms with Gasteiger partial charge in [0.05, 0.1) is 0 Å². The van der Waals surface area contributed by atoms with Crippen molar-refractivity contribution in [2.75, 3.05) is 0 Å². The Bertz CT molecular complexity index is 686. The van der Waals surface area contributed by atoms with Crippen LogP contribution in [-0.4, -0.2) is 12.6 Å². The van der Waals surface area contributed by atoms with Gasteiger partial charge >= 0.3 is 0 Å². The molecule has 110 valence electrons. The highest BCUT2D eigenvalue weighted by Crippen LogP contribution is 2.20. The molecule has 0 aliphatic carbocycles. The minimum absolute atomic E-state index is 0.765. The van der Waals surface area contributed by atoms with Gasteiger partial charge in [0.25, 0.3) is 0 Å². The minimum Gasteiger partial charge on any atom is -0.225 e. The molecule has 0 unspecified atom stereocenters. The van der Waals surface area contributed by atoms with Crippen LogP contribution in [-0.2, 0) is 6.54 Å². The lowest BCUT2D eigenvalue weighted by Gasteiger charge is -2.06. The molecule has 0 fully saturated rings. The Morgan fingerprint density at radius 1 is 1.10 bits per heavy atom. The van der Waals surface area contributed by atoms with Gasteiger partial charge < -0.3 is 0 Å². The van der Waals surface area contributed by atoms with E-state index in [0.717, 1.165) is 6.54 Å². The van der Waals surface area contributed by atoms with Crippen molar-refractivity contribution in [3.63, 3.8) is 0 Å². The third-order valence-corrected chi connectivity index (χ3v) is 4.24. The highest BCUT2D eigenvalue weighted by atomic mass is 28.3. The van der Waals surface area contributed by atoms with E-state index in [2.05, 4.69) is 91.9 Å². The Labute approximate surface area is 129 Å². The highest BCUT2D eigenvalue weighted by molar-refractivity contribution is 6.83. The summed E-state index contributed by atoms with van der Waals surface area (Å²) in [6, 6.07) is 4.47. The van der Waals surface area contributed by atoms with Gasteiger partial charge in [-0.15, -0.1) is 5.54 Å². The van der Waals surface area contributed by atoms with E-state index >= 15 is 0 Å². The molecule has 1 aromatic carbocycles. The van der Waals surface area contributed by atoms with Crippen LogP contribution in [0.3, 0.4) is 0 Å². The van der Waals surface area contributed by atoms with E-state index in [4.69, 9.17) is 0 Å². The van der Waals surface area contributed by atoms with Crippen molar-refractivity contribution < 1.29 is 4.57 Å². The van der Waals surface area contributed by atoms with E-state index in [9.17, 15) is 0 Å². The molecular formula is C18H25N2Si+. The number of aryl methyl sites for hydroxylation is 3. The van der Waals surface area contributed by atoms with Crippen LogP contribution < -0.4 is 4.57 Å². The molecule has 0 radical (unpaired) electrons. The van der Waals surface area contributed by atoms with Crippen molar-refractivity contribution in [1.29, 1.82) is 0 Å². The third kappa shape index (κ3) is 4.09. The molecule has 0 spiro atoms. The molecule has 2 rings (SSSR count). The number of hydrogen-bond donors (Lipinski definition) is 0. The van der Waals surface area contributed by atoms with Crippen LogP contribution in [0.25, 0.3) is 5.69 Å². The van der Waals surface area contributed by atoms with Crippen molar-refractivity contribution in [1.82, 2.24) is 4.57 Å². The molecule has 0 bridgehead atoms. The molecule has 0 N–H and O–H groups in total. The maximum Gasteiger partial charge on any atom is 0.249 e. The maximum absolute atomic E-state index is 3.41. The van der Waals surface area contributed by atoms with E-state index in [1.807, 2.05) is 0 Å². The van der Waals surface area contributed by atoms with E-state index < -0.39 is 8.07 Å². The standard InChI is InChI=1S/C18H25N2Si/c1-15-12-16(2)18(17(3)13-15)20-10-9-19(14-20)8-7-11-21(4,5)6/h9-10,12-14H,8H2,1-6H3/q+1. The molecule has 0 saturated carbocycles. The zero-order chi connectivity index (χ0) is 15.6. The number of aromatic nitrogens is 2. The number of benzene rings is 1. The van der Waals surface area contributed by atoms with Gasteiger partial charge in [-0.05, 0) is 31.9 Å². The van der Waals surface area contributed by atoms with E-state index in [1.165, 1.54) is 22.4 Å². The van der Waals surface area contributed by atoms with Crippen molar-refractivity contribution in [3.05, 3.63) is 47.5 Å². The molecule has 0 saturated heterocycles. The molecule has 1 aromatic heterocycles. The van der Waals surface area contributed by atoms with Crippen LogP contribution in [0.5, 0.6) is 0 Å². The molecule has 3 heteroatoms. The molecule has 2 nitrogen and oxygen atoms in total. The predicted octanol–water partition coefficient (Wildman–Crippen LogP) is 3.57. The van der Waals surface area contributed by atoms with Gasteiger partial charge in [-0.25, -0.2) is 9.13 Å². The average molecular weight is 297 g/mol. The van der Waals surface area contributed by atoms with Crippen LogP contribution >= 0.6 is 0 Å². The van der Waals surface area contributed by atoms with Gasteiger partial charge in [0.2, 0.25) is 6.33 Å². The molecular weight excluding hydrogens is 272 g/mol. The monoisotopic (exact) mass is 297 g/mol. The van der Waals surface area contributed by atoms with Crippen LogP contribution in [0, 0.1) is 32.2 Å². The molecule has 0 atom stereocenters. The van der Waals surface area contributed by atoms with E-state index in [-0.39, 0.29) is 0 Å². The molecule has 0 aliphatic rings. The quantitative estimate of drug-likeness (QED) is 0.455. The summed E-state index contributed by atoms with van der Waals surface area (Å²) >= 11 is 0. The highest BCUT2D eigenvalue weighted by Gasteiger charge is 2.12. The molecule has 1 heterocycles. The van der Waals surface area contributed by atoms with Crippen LogP contribution in [0.4, 0.5) is 0 Å². The molecule has 0 aliphatic heterocycles. The normalized spacial score (nSPS) is 11.1. The Kier molecular flexibility index (Phi) is 4.39. The van der Waals surface area contributed by atoms with Gasteiger partial charge in [0, 0.05) is 0 Å². The van der Waals surface area contributed by atoms with Gasteiger partial charge in [0.15, 0.2) is 6.54 Å². The fourth-order valence-corrected chi connectivity index (χ4v) is 3.21. The smallest absolute Gasteiger partial charge is 0.225 e. The molecule has 0 amide bonds. The summed E-state index contributed by atoms with van der Waals surface area (Å²) in [7, 11) is -1.27. The second-order valence-corrected chi connectivity index (χ2v) is 11.5. The number of nitrogens with zero attached hydrogens (tertiary/aromatic N) is 2. The first kappa shape index (κ1) is 15.6. The minimum atomic E-state index is -1.27. The predicted molar refractivity (Wildman–Crippen MR) is 91.3 cm³/mol. The average Bonchev–Trinajstić information content (AvgIpc) is 2.74. The largest absolute Gasteiger partial charge is 0.249 e. The van der Waals surface area contributed by atoms with Gasteiger partial charge in [-0.1, -0.05) is 43.3 Å². The fraction of sp³-hybridized carbons (Fsp3) is 0.389. The van der Waals surface area contributed by atoms with Crippen LogP contribution in [0.1, 0.15) is 16.7 Å². The summed E-state index contributed by atoms with van der Waals surface area (Å²) in [5.41, 5.74) is 8.62. The van der Waals surface area contributed by atoms with Gasteiger partial charge in [-0.3, -0.25) is 0 Å². The van der Waals surface area contributed by atoms with Crippen LogP contribution in [0.2, 0.25) is 19.6 Å². The van der Waals surface area contributed by atoms with Crippen molar-refractivity contribution in [3.8, 4) is 17.2 Å². The third-order valence-electron chi connectivity index (χ3n) is 3.31. The Balaban J connectivity index is 2.26. The zero-order valence-corrected chi connectivity index (χ0v) is 15.0. The topological polar surface area (TPSA) is 8.81 Å². The lowest BCUT2D eigenvalue weighted by atomic mass is 10.1. The van der Waals surface area contributed by atoms with E-state index in [1.54, 1.807) is 0 Å². The summed E-state index contributed by atoms with van der Waals surface area (Å²) in [6.45, 7) is 14.1. The molecule has 21 heavy (non-hydrogen) atoms. The van der Waals surface area contributed by atoms with Crippen molar-refractivity contribution in [2.45, 2.75) is 47.0 Å². The Morgan fingerprint density at radius 2 is 1.71 bits per heavy atom.